The summed E-state index contributed by atoms with van der Waals surface area (Å²) in [5.41, 5.74) is 2.55. The van der Waals surface area contributed by atoms with Gasteiger partial charge < -0.3 is 9.47 Å². The largest absolute Gasteiger partial charge is 0.353 e. The van der Waals surface area contributed by atoms with Gasteiger partial charge in [0.15, 0.2) is 6.29 Å². The number of hydrogen-bond acceptors (Lipinski definition) is 2. The molecule has 0 bridgehead atoms. The first-order valence-electron chi connectivity index (χ1n) is 6.33. The van der Waals surface area contributed by atoms with E-state index < -0.39 is 0 Å². The fourth-order valence-electron chi connectivity index (χ4n) is 2.65. The molecule has 17 heavy (non-hydrogen) atoms. The Morgan fingerprint density at radius 2 is 2.12 bits per heavy atom. The number of fused-ring (bicyclic) bond motifs is 1. The van der Waals surface area contributed by atoms with Crippen LogP contribution in [0.5, 0.6) is 0 Å². The first kappa shape index (κ1) is 11.5. The van der Waals surface area contributed by atoms with E-state index in [-0.39, 0.29) is 17.8 Å². The summed E-state index contributed by atoms with van der Waals surface area (Å²) in [5.74, 6) is 0. The van der Waals surface area contributed by atoms with Gasteiger partial charge in [-0.25, -0.2) is 0 Å². The van der Waals surface area contributed by atoms with Gasteiger partial charge in [0.05, 0.1) is 5.38 Å². The maximum atomic E-state index is 6.38. The molecular formula is C14H17ClO2. The number of benzene rings is 1. The van der Waals surface area contributed by atoms with Crippen molar-refractivity contribution in [1.82, 2.24) is 0 Å². The summed E-state index contributed by atoms with van der Waals surface area (Å²) in [5, 5.41) is 0.0397. The second-order valence-electron chi connectivity index (χ2n) is 4.77. The molecule has 3 heteroatoms. The SMILES string of the molecule is ClC1Cc2ccccc2C1OC1CCCCO1. The van der Waals surface area contributed by atoms with Crippen LogP contribution < -0.4 is 0 Å². The van der Waals surface area contributed by atoms with E-state index in [2.05, 4.69) is 18.2 Å². The van der Waals surface area contributed by atoms with Crippen LogP contribution in [-0.2, 0) is 15.9 Å². The quantitative estimate of drug-likeness (QED) is 0.751. The molecule has 0 N–H and O–H groups in total. The van der Waals surface area contributed by atoms with Crippen molar-refractivity contribution in [2.24, 2.45) is 0 Å². The Kier molecular flexibility index (Phi) is 3.37. The smallest absolute Gasteiger partial charge is 0.158 e. The van der Waals surface area contributed by atoms with Gasteiger partial charge in [-0.15, -0.1) is 11.6 Å². The number of halogens is 1. The van der Waals surface area contributed by atoms with E-state index in [0.29, 0.717) is 0 Å². The van der Waals surface area contributed by atoms with E-state index in [9.17, 15) is 0 Å². The van der Waals surface area contributed by atoms with Crippen molar-refractivity contribution < 1.29 is 9.47 Å². The fraction of sp³-hybridized carbons (Fsp3) is 0.571. The molecule has 0 saturated carbocycles. The molecule has 92 valence electrons. The molecule has 1 saturated heterocycles. The standard InChI is InChI=1S/C14H17ClO2/c15-12-9-10-5-1-2-6-11(10)14(12)17-13-7-3-4-8-16-13/h1-2,5-6,12-14H,3-4,7-9H2. The van der Waals surface area contributed by atoms with Crippen molar-refractivity contribution in [2.45, 2.75) is 43.5 Å². The molecule has 0 radical (unpaired) electrons. The van der Waals surface area contributed by atoms with Crippen molar-refractivity contribution in [3.8, 4) is 0 Å². The van der Waals surface area contributed by atoms with Gasteiger partial charge in [-0.05, 0) is 36.8 Å². The average Bonchev–Trinajstić information content (AvgIpc) is 2.68. The van der Waals surface area contributed by atoms with Crippen LogP contribution in [0.25, 0.3) is 0 Å². The van der Waals surface area contributed by atoms with Gasteiger partial charge in [0.1, 0.15) is 6.10 Å². The van der Waals surface area contributed by atoms with Gasteiger partial charge in [-0.3, -0.25) is 0 Å². The third kappa shape index (κ3) is 2.35. The molecule has 1 heterocycles. The second kappa shape index (κ2) is 4.97. The van der Waals surface area contributed by atoms with E-state index in [4.69, 9.17) is 21.1 Å². The first-order chi connectivity index (χ1) is 8.34. The number of hydrogen-bond donors (Lipinski definition) is 0. The van der Waals surface area contributed by atoms with E-state index in [1.807, 2.05) is 6.07 Å². The predicted molar refractivity (Wildman–Crippen MR) is 67.2 cm³/mol. The van der Waals surface area contributed by atoms with E-state index in [1.165, 1.54) is 17.5 Å². The highest BCUT2D eigenvalue weighted by atomic mass is 35.5. The molecule has 0 aromatic heterocycles. The van der Waals surface area contributed by atoms with Gasteiger partial charge in [0, 0.05) is 6.61 Å². The minimum atomic E-state index is -0.0684. The Morgan fingerprint density at radius 1 is 1.24 bits per heavy atom. The van der Waals surface area contributed by atoms with Gasteiger partial charge >= 0.3 is 0 Å². The maximum Gasteiger partial charge on any atom is 0.158 e. The second-order valence-corrected chi connectivity index (χ2v) is 5.33. The van der Waals surface area contributed by atoms with Gasteiger partial charge in [0.25, 0.3) is 0 Å². The number of alkyl halides is 1. The summed E-state index contributed by atoms with van der Waals surface area (Å²) in [6.07, 6.45) is 4.14. The lowest BCUT2D eigenvalue weighted by molar-refractivity contribution is -0.188. The van der Waals surface area contributed by atoms with Crippen molar-refractivity contribution in [3.05, 3.63) is 35.4 Å². The summed E-state index contributed by atoms with van der Waals surface area (Å²) in [4.78, 5) is 0. The van der Waals surface area contributed by atoms with Crippen LogP contribution in [0.2, 0.25) is 0 Å². The van der Waals surface area contributed by atoms with Crippen molar-refractivity contribution >= 4 is 11.6 Å². The van der Waals surface area contributed by atoms with Crippen molar-refractivity contribution in [3.63, 3.8) is 0 Å². The highest BCUT2D eigenvalue weighted by Crippen LogP contribution is 2.39. The lowest BCUT2D eigenvalue weighted by atomic mass is 10.1. The maximum absolute atomic E-state index is 6.38. The summed E-state index contributed by atoms with van der Waals surface area (Å²) >= 11 is 6.38. The normalized spacial score (nSPS) is 32.4. The molecule has 2 nitrogen and oxygen atoms in total. The van der Waals surface area contributed by atoms with Crippen molar-refractivity contribution in [2.75, 3.05) is 6.61 Å². The molecule has 3 atom stereocenters. The molecule has 1 aliphatic carbocycles. The van der Waals surface area contributed by atoms with Crippen LogP contribution in [0.15, 0.2) is 24.3 Å². The van der Waals surface area contributed by atoms with Crippen LogP contribution in [0, 0.1) is 0 Å². The van der Waals surface area contributed by atoms with Crippen LogP contribution >= 0.6 is 11.6 Å². The molecule has 3 unspecified atom stereocenters. The highest BCUT2D eigenvalue weighted by molar-refractivity contribution is 6.21. The third-order valence-electron chi connectivity index (χ3n) is 3.54. The molecule has 3 rings (SSSR count). The van der Waals surface area contributed by atoms with Crippen LogP contribution in [0.3, 0.4) is 0 Å². The molecule has 0 amide bonds. The van der Waals surface area contributed by atoms with Crippen LogP contribution in [0.1, 0.15) is 36.5 Å². The van der Waals surface area contributed by atoms with Gasteiger partial charge in [0.2, 0.25) is 0 Å². The number of ether oxygens (including phenoxy) is 2. The molecule has 1 aromatic rings. The lowest BCUT2D eigenvalue weighted by Gasteiger charge is -2.27. The van der Waals surface area contributed by atoms with Crippen LogP contribution in [0.4, 0.5) is 0 Å². The predicted octanol–water partition coefficient (Wildman–Crippen LogP) is 3.43. The van der Waals surface area contributed by atoms with Crippen molar-refractivity contribution in [1.29, 1.82) is 0 Å². The average molecular weight is 253 g/mol. The fourth-order valence-corrected chi connectivity index (χ4v) is 3.01. The Morgan fingerprint density at radius 3 is 2.94 bits per heavy atom. The Balaban J connectivity index is 1.74. The molecule has 1 aromatic carbocycles. The zero-order valence-corrected chi connectivity index (χ0v) is 10.5. The Labute approximate surface area is 107 Å². The third-order valence-corrected chi connectivity index (χ3v) is 3.92. The molecule has 1 fully saturated rings. The minimum Gasteiger partial charge on any atom is -0.353 e. The summed E-state index contributed by atoms with van der Waals surface area (Å²) in [7, 11) is 0. The molecule has 1 aliphatic heterocycles. The zero-order chi connectivity index (χ0) is 11.7. The van der Waals surface area contributed by atoms with Gasteiger partial charge in [-0.2, -0.15) is 0 Å². The van der Waals surface area contributed by atoms with E-state index >= 15 is 0 Å². The van der Waals surface area contributed by atoms with E-state index in [1.54, 1.807) is 0 Å². The zero-order valence-electron chi connectivity index (χ0n) is 9.77. The minimum absolute atomic E-state index is 0.00373. The summed E-state index contributed by atoms with van der Waals surface area (Å²) in [6, 6.07) is 8.36. The van der Waals surface area contributed by atoms with E-state index in [0.717, 1.165) is 25.9 Å². The molecule has 0 spiro atoms. The lowest BCUT2D eigenvalue weighted by Crippen LogP contribution is -2.26. The first-order valence-corrected chi connectivity index (χ1v) is 6.77. The Bertz CT molecular complexity index is 388. The Hall–Kier alpha value is -0.570. The topological polar surface area (TPSA) is 18.5 Å². The van der Waals surface area contributed by atoms with Crippen LogP contribution in [-0.4, -0.2) is 18.3 Å². The van der Waals surface area contributed by atoms with Gasteiger partial charge in [-0.1, -0.05) is 24.3 Å². The summed E-state index contributed by atoms with van der Waals surface area (Å²) in [6.45, 7) is 0.811. The molecular weight excluding hydrogens is 236 g/mol. The number of rotatable bonds is 2. The molecule has 2 aliphatic rings. The summed E-state index contributed by atoms with van der Waals surface area (Å²) < 4.78 is 11.7. The highest BCUT2D eigenvalue weighted by Gasteiger charge is 2.34. The monoisotopic (exact) mass is 252 g/mol.